The Balaban J connectivity index is 2.28. The minimum Gasteiger partial charge on any atom is -0.465 e. The number of carbonyl (C=O) groups excluding carboxylic acids is 3. The minimum atomic E-state index is -0.758. The van der Waals surface area contributed by atoms with Crippen molar-refractivity contribution in [2.24, 2.45) is 0 Å². The summed E-state index contributed by atoms with van der Waals surface area (Å²) >= 11 is 5.84. The highest BCUT2D eigenvalue weighted by Crippen LogP contribution is 2.26. The normalized spacial score (nSPS) is 10.3. The summed E-state index contributed by atoms with van der Waals surface area (Å²) in [5.74, 6) is -2.61. The number of nitro groups is 1. The van der Waals surface area contributed by atoms with Gasteiger partial charge >= 0.3 is 17.8 Å². The van der Waals surface area contributed by atoms with Crippen LogP contribution < -0.4 is 5.32 Å². The Morgan fingerprint density at radius 3 is 2.14 bits per heavy atom. The standard InChI is InChI=1S/C16H15ClN4O7/c1-8-13(17)14(21(25)26)19-20(8)7-12(22)18-11-5-9(15(23)27-2)4-10(6-11)16(24)28-3/h4-6H,7H2,1-3H3,(H,18,22). The Labute approximate surface area is 163 Å². The molecule has 0 aliphatic rings. The number of halogens is 1. The van der Waals surface area contributed by atoms with Crippen molar-refractivity contribution in [3.8, 4) is 0 Å². The number of aromatic nitrogens is 2. The molecule has 0 bridgehead atoms. The SMILES string of the molecule is COC(=O)c1cc(NC(=O)Cn2nc([N+](=O)[O-])c(Cl)c2C)cc(C(=O)OC)c1. The van der Waals surface area contributed by atoms with Crippen LogP contribution in [0.2, 0.25) is 5.02 Å². The highest BCUT2D eigenvalue weighted by Gasteiger charge is 2.25. The molecule has 0 fully saturated rings. The smallest absolute Gasteiger partial charge is 0.408 e. The largest absolute Gasteiger partial charge is 0.465 e. The lowest BCUT2D eigenvalue weighted by Gasteiger charge is -2.09. The van der Waals surface area contributed by atoms with Crippen molar-refractivity contribution in [1.82, 2.24) is 9.78 Å². The van der Waals surface area contributed by atoms with Crippen LogP contribution in [0.4, 0.5) is 11.5 Å². The first-order valence-electron chi connectivity index (χ1n) is 7.66. The molecule has 148 valence electrons. The molecule has 0 aliphatic carbocycles. The maximum atomic E-state index is 12.3. The molecule has 12 heteroatoms. The monoisotopic (exact) mass is 410 g/mol. The topological polar surface area (TPSA) is 143 Å². The summed E-state index contributed by atoms with van der Waals surface area (Å²) in [6.45, 7) is 1.10. The van der Waals surface area contributed by atoms with Gasteiger partial charge in [-0.15, -0.1) is 0 Å². The number of hydrogen-bond donors (Lipinski definition) is 1. The molecule has 0 atom stereocenters. The highest BCUT2D eigenvalue weighted by atomic mass is 35.5. The van der Waals surface area contributed by atoms with Gasteiger partial charge in [-0.05, 0) is 30.0 Å². The van der Waals surface area contributed by atoms with E-state index in [1.807, 2.05) is 0 Å². The molecule has 0 radical (unpaired) electrons. The van der Waals surface area contributed by atoms with Crippen molar-refractivity contribution in [2.75, 3.05) is 19.5 Å². The number of nitrogens with zero attached hydrogens (tertiary/aromatic N) is 3. The van der Waals surface area contributed by atoms with Gasteiger partial charge in [0.1, 0.15) is 6.54 Å². The van der Waals surface area contributed by atoms with Gasteiger partial charge in [-0.25, -0.2) is 9.59 Å². The molecule has 1 heterocycles. The number of nitrogens with one attached hydrogen (secondary N) is 1. The van der Waals surface area contributed by atoms with Gasteiger partial charge in [-0.3, -0.25) is 4.79 Å². The first kappa shape index (κ1) is 20.8. The van der Waals surface area contributed by atoms with Gasteiger partial charge in [0.05, 0.1) is 36.1 Å². The van der Waals surface area contributed by atoms with Gasteiger partial charge in [0, 0.05) is 5.69 Å². The van der Waals surface area contributed by atoms with Gasteiger partial charge < -0.3 is 24.9 Å². The van der Waals surface area contributed by atoms with E-state index in [0.717, 1.165) is 4.68 Å². The maximum Gasteiger partial charge on any atom is 0.408 e. The zero-order chi connectivity index (χ0) is 21.0. The number of amides is 1. The fourth-order valence-corrected chi connectivity index (χ4v) is 2.49. The van der Waals surface area contributed by atoms with Crippen LogP contribution in [0.25, 0.3) is 0 Å². The predicted molar refractivity (Wildman–Crippen MR) is 96.4 cm³/mol. The molecule has 2 aromatic rings. The summed E-state index contributed by atoms with van der Waals surface area (Å²) in [6, 6.07) is 3.87. The minimum absolute atomic E-state index is 0.0228. The Bertz CT molecular complexity index is 936. The highest BCUT2D eigenvalue weighted by molar-refractivity contribution is 6.33. The van der Waals surface area contributed by atoms with Gasteiger partial charge in [0.15, 0.2) is 5.02 Å². The lowest BCUT2D eigenvalue weighted by atomic mass is 10.1. The third-order valence-corrected chi connectivity index (χ3v) is 4.08. The molecule has 0 saturated carbocycles. The number of ether oxygens (including phenoxy) is 2. The van der Waals surface area contributed by atoms with Crippen molar-refractivity contribution in [1.29, 1.82) is 0 Å². The molecule has 1 N–H and O–H groups in total. The van der Waals surface area contributed by atoms with E-state index in [4.69, 9.17) is 11.6 Å². The average Bonchev–Trinajstić information content (AvgIpc) is 2.94. The molecule has 1 amide bonds. The van der Waals surface area contributed by atoms with Gasteiger partial charge in [0.25, 0.3) is 0 Å². The number of carbonyl (C=O) groups is 3. The Morgan fingerprint density at radius 1 is 1.18 bits per heavy atom. The lowest BCUT2D eigenvalue weighted by Crippen LogP contribution is -2.21. The van der Waals surface area contributed by atoms with E-state index in [1.165, 1.54) is 39.3 Å². The molecule has 1 aromatic carbocycles. The second-order valence-electron chi connectivity index (χ2n) is 5.47. The zero-order valence-electron chi connectivity index (χ0n) is 15.0. The molecule has 0 aliphatic heterocycles. The van der Waals surface area contributed by atoms with E-state index >= 15 is 0 Å². The van der Waals surface area contributed by atoms with Crippen molar-refractivity contribution >= 4 is 41.0 Å². The quantitative estimate of drug-likeness (QED) is 0.432. The van der Waals surface area contributed by atoms with E-state index in [0.29, 0.717) is 0 Å². The molecule has 0 spiro atoms. The van der Waals surface area contributed by atoms with Crippen molar-refractivity contribution in [3.05, 3.63) is 50.2 Å². The fraction of sp³-hybridized carbons (Fsp3) is 0.250. The van der Waals surface area contributed by atoms with Crippen LogP contribution in [0.1, 0.15) is 26.4 Å². The van der Waals surface area contributed by atoms with Crippen LogP contribution in [-0.2, 0) is 20.8 Å². The van der Waals surface area contributed by atoms with Crippen molar-refractivity contribution in [2.45, 2.75) is 13.5 Å². The van der Waals surface area contributed by atoms with Crippen LogP contribution in [0.15, 0.2) is 18.2 Å². The number of hydrogen-bond acceptors (Lipinski definition) is 8. The van der Waals surface area contributed by atoms with E-state index in [-0.39, 0.29) is 34.1 Å². The number of methoxy groups -OCH3 is 2. The van der Waals surface area contributed by atoms with E-state index in [9.17, 15) is 24.5 Å². The molecule has 0 saturated heterocycles. The van der Waals surface area contributed by atoms with Crippen LogP contribution in [-0.4, -0.2) is 46.8 Å². The summed E-state index contributed by atoms with van der Waals surface area (Å²) < 4.78 is 10.3. The third kappa shape index (κ3) is 4.43. The molecule has 28 heavy (non-hydrogen) atoms. The molecular weight excluding hydrogens is 396 g/mol. The Kier molecular flexibility index (Phi) is 6.31. The molecule has 2 rings (SSSR count). The van der Waals surface area contributed by atoms with Crippen LogP contribution in [0.3, 0.4) is 0 Å². The predicted octanol–water partition coefficient (Wildman–Crippen LogP) is 1.97. The Hall–Kier alpha value is -3.47. The van der Waals surface area contributed by atoms with E-state index in [2.05, 4.69) is 19.9 Å². The van der Waals surface area contributed by atoms with Gasteiger partial charge in [0.2, 0.25) is 5.91 Å². The average molecular weight is 411 g/mol. The summed E-state index contributed by atoms with van der Waals surface area (Å²) in [6.07, 6.45) is 0. The van der Waals surface area contributed by atoms with Gasteiger partial charge in [-0.1, -0.05) is 11.6 Å². The fourth-order valence-electron chi connectivity index (χ4n) is 2.29. The molecule has 11 nitrogen and oxygen atoms in total. The van der Waals surface area contributed by atoms with Gasteiger partial charge in [-0.2, -0.15) is 4.68 Å². The third-order valence-electron chi connectivity index (χ3n) is 3.64. The van der Waals surface area contributed by atoms with E-state index in [1.54, 1.807) is 0 Å². The second kappa shape index (κ2) is 8.48. The second-order valence-corrected chi connectivity index (χ2v) is 5.85. The number of anilines is 1. The van der Waals surface area contributed by atoms with Crippen LogP contribution in [0.5, 0.6) is 0 Å². The van der Waals surface area contributed by atoms with Crippen molar-refractivity contribution < 1.29 is 28.8 Å². The molecule has 0 unspecified atom stereocenters. The molecule has 1 aromatic heterocycles. The molecular formula is C16H15ClN4O7. The van der Waals surface area contributed by atoms with Crippen LogP contribution in [0, 0.1) is 17.0 Å². The van der Waals surface area contributed by atoms with Crippen LogP contribution >= 0.6 is 11.6 Å². The number of esters is 2. The summed E-state index contributed by atoms with van der Waals surface area (Å²) in [5, 5.41) is 16.9. The number of benzene rings is 1. The van der Waals surface area contributed by atoms with Crippen molar-refractivity contribution in [3.63, 3.8) is 0 Å². The first-order chi connectivity index (χ1) is 13.2. The number of rotatable bonds is 6. The lowest BCUT2D eigenvalue weighted by molar-refractivity contribution is -0.389. The first-order valence-corrected chi connectivity index (χ1v) is 8.04. The van der Waals surface area contributed by atoms with E-state index < -0.39 is 28.6 Å². The zero-order valence-corrected chi connectivity index (χ0v) is 15.8. The summed E-state index contributed by atoms with van der Waals surface area (Å²) in [4.78, 5) is 46.0. The maximum absolute atomic E-state index is 12.3. The Morgan fingerprint density at radius 2 is 1.71 bits per heavy atom. The summed E-state index contributed by atoms with van der Waals surface area (Å²) in [7, 11) is 2.34. The summed E-state index contributed by atoms with van der Waals surface area (Å²) in [5.41, 5.74) is 0.407.